The third-order valence-corrected chi connectivity index (χ3v) is 5.80. The van der Waals surface area contributed by atoms with Gasteiger partial charge in [0.05, 0.1) is 5.69 Å². The molecule has 0 unspecified atom stereocenters. The molecular weight excluding hydrogens is 400 g/mol. The molecule has 2 nitrogen and oxygen atoms in total. The van der Waals surface area contributed by atoms with Gasteiger partial charge < -0.3 is 0 Å². The average Bonchev–Trinajstić information content (AvgIpc) is 3.38. The highest BCUT2D eigenvalue weighted by Gasteiger charge is 2.19. The number of nitrogens with zero attached hydrogens (tertiary/aromatic N) is 2. The SMILES string of the molecule is C=CC(=C)c1nccn1-c1c(-c2ccccc2)cc(-c2ccccc2)cc1-c1ccccc1. The number of aromatic nitrogens is 2. The Morgan fingerprint density at radius 2 is 1.15 bits per heavy atom. The summed E-state index contributed by atoms with van der Waals surface area (Å²) in [4.78, 5) is 4.61. The van der Waals surface area contributed by atoms with Crippen molar-refractivity contribution in [2.75, 3.05) is 0 Å². The van der Waals surface area contributed by atoms with E-state index in [0.717, 1.165) is 39.3 Å². The van der Waals surface area contributed by atoms with Crippen molar-refractivity contribution in [3.63, 3.8) is 0 Å². The molecule has 0 radical (unpaired) electrons. The lowest BCUT2D eigenvalue weighted by Crippen LogP contribution is -2.04. The second kappa shape index (κ2) is 8.97. The topological polar surface area (TPSA) is 17.8 Å². The van der Waals surface area contributed by atoms with Crippen molar-refractivity contribution in [1.82, 2.24) is 9.55 Å². The largest absolute Gasteiger partial charge is 0.299 e. The number of imidazole rings is 1. The molecule has 0 aliphatic heterocycles. The van der Waals surface area contributed by atoms with E-state index in [1.165, 1.54) is 11.1 Å². The van der Waals surface area contributed by atoms with Gasteiger partial charge in [0.25, 0.3) is 0 Å². The van der Waals surface area contributed by atoms with Crippen LogP contribution in [0.15, 0.2) is 135 Å². The maximum absolute atomic E-state index is 4.61. The van der Waals surface area contributed by atoms with Crippen LogP contribution in [-0.4, -0.2) is 9.55 Å². The van der Waals surface area contributed by atoms with Gasteiger partial charge in [-0.2, -0.15) is 0 Å². The summed E-state index contributed by atoms with van der Waals surface area (Å²) in [5.74, 6) is 0.784. The second-order valence-corrected chi connectivity index (χ2v) is 7.87. The third kappa shape index (κ3) is 3.95. The molecule has 0 bridgehead atoms. The van der Waals surface area contributed by atoms with Gasteiger partial charge in [-0.1, -0.05) is 110 Å². The molecule has 0 fully saturated rings. The zero-order chi connectivity index (χ0) is 22.6. The van der Waals surface area contributed by atoms with Gasteiger partial charge in [-0.05, 0) is 34.4 Å². The predicted molar refractivity (Wildman–Crippen MR) is 139 cm³/mol. The molecule has 0 amide bonds. The lowest BCUT2D eigenvalue weighted by atomic mass is 9.90. The quantitative estimate of drug-likeness (QED) is 0.252. The summed E-state index contributed by atoms with van der Waals surface area (Å²) in [5.41, 5.74) is 8.75. The van der Waals surface area contributed by atoms with Crippen LogP contribution in [0.1, 0.15) is 5.82 Å². The third-order valence-electron chi connectivity index (χ3n) is 5.80. The molecule has 33 heavy (non-hydrogen) atoms. The standard InChI is InChI=1S/C31H24N2/c1-3-23(2)31-32-19-20-33(31)30-28(25-15-9-5-10-16-25)21-27(24-13-7-4-8-14-24)22-29(30)26-17-11-6-12-18-26/h3-22H,1-2H2. The van der Waals surface area contributed by atoms with Gasteiger partial charge in [-0.15, -0.1) is 0 Å². The molecule has 1 heterocycles. The molecule has 0 N–H and O–H groups in total. The van der Waals surface area contributed by atoms with E-state index in [0.29, 0.717) is 0 Å². The van der Waals surface area contributed by atoms with E-state index in [1.807, 2.05) is 30.6 Å². The van der Waals surface area contributed by atoms with E-state index in [1.54, 1.807) is 6.08 Å². The van der Waals surface area contributed by atoms with E-state index in [4.69, 9.17) is 0 Å². The highest BCUT2D eigenvalue weighted by molar-refractivity contribution is 5.91. The molecule has 0 saturated heterocycles. The van der Waals surface area contributed by atoms with Crippen LogP contribution >= 0.6 is 0 Å². The zero-order valence-corrected chi connectivity index (χ0v) is 18.4. The Balaban J connectivity index is 1.90. The van der Waals surface area contributed by atoms with Gasteiger partial charge in [-0.25, -0.2) is 4.98 Å². The van der Waals surface area contributed by atoms with E-state index < -0.39 is 0 Å². The van der Waals surface area contributed by atoms with Crippen LogP contribution in [0.25, 0.3) is 44.6 Å². The van der Waals surface area contributed by atoms with Crippen molar-refractivity contribution in [3.8, 4) is 39.1 Å². The fourth-order valence-corrected chi connectivity index (χ4v) is 4.18. The molecule has 1 aromatic heterocycles. The Morgan fingerprint density at radius 3 is 1.64 bits per heavy atom. The maximum atomic E-state index is 4.61. The second-order valence-electron chi connectivity index (χ2n) is 7.87. The summed E-state index contributed by atoms with van der Waals surface area (Å²) >= 11 is 0. The summed E-state index contributed by atoms with van der Waals surface area (Å²) in [7, 11) is 0. The van der Waals surface area contributed by atoms with E-state index in [9.17, 15) is 0 Å². The molecule has 0 atom stereocenters. The minimum atomic E-state index is 0.783. The monoisotopic (exact) mass is 424 g/mol. The number of allylic oxidation sites excluding steroid dienone is 2. The first-order valence-electron chi connectivity index (χ1n) is 11.0. The first-order chi connectivity index (χ1) is 16.3. The van der Waals surface area contributed by atoms with Crippen molar-refractivity contribution in [2.24, 2.45) is 0 Å². The number of rotatable bonds is 6. The number of hydrogen-bond acceptors (Lipinski definition) is 1. The Bertz CT molecular complexity index is 1350. The molecule has 158 valence electrons. The smallest absolute Gasteiger partial charge is 0.143 e. The van der Waals surface area contributed by atoms with Crippen molar-refractivity contribution in [1.29, 1.82) is 0 Å². The summed E-state index contributed by atoms with van der Waals surface area (Å²) in [6.45, 7) is 8.08. The average molecular weight is 425 g/mol. The first kappa shape index (κ1) is 20.5. The lowest BCUT2D eigenvalue weighted by molar-refractivity contribution is 1.03. The summed E-state index contributed by atoms with van der Waals surface area (Å²) in [6.07, 6.45) is 5.57. The highest BCUT2D eigenvalue weighted by atomic mass is 15.1. The van der Waals surface area contributed by atoms with E-state index >= 15 is 0 Å². The maximum Gasteiger partial charge on any atom is 0.143 e. The van der Waals surface area contributed by atoms with Crippen LogP contribution in [-0.2, 0) is 0 Å². The minimum absolute atomic E-state index is 0.783. The summed E-state index contributed by atoms with van der Waals surface area (Å²) in [6, 6.07) is 36.1. The molecule has 0 aliphatic rings. The van der Waals surface area contributed by atoms with Crippen LogP contribution in [0.5, 0.6) is 0 Å². The Morgan fingerprint density at radius 1 is 0.667 bits per heavy atom. The van der Waals surface area contributed by atoms with Gasteiger partial charge in [0.2, 0.25) is 0 Å². The molecule has 4 aromatic carbocycles. The van der Waals surface area contributed by atoms with Crippen LogP contribution in [0, 0.1) is 0 Å². The van der Waals surface area contributed by atoms with Crippen molar-refractivity contribution < 1.29 is 0 Å². The van der Waals surface area contributed by atoms with E-state index in [2.05, 4.69) is 108 Å². The number of benzene rings is 4. The van der Waals surface area contributed by atoms with Crippen molar-refractivity contribution in [3.05, 3.63) is 141 Å². The fraction of sp³-hybridized carbons (Fsp3) is 0. The van der Waals surface area contributed by atoms with Crippen LogP contribution in [0.3, 0.4) is 0 Å². The minimum Gasteiger partial charge on any atom is -0.299 e. The molecule has 0 aliphatic carbocycles. The lowest BCUT2D eigenvalue weighted by Gasteiger charge is -2.21. The Labute approximate surface area is 194 Å². The predicted octanol–water partition coefficient (Wildman–Crippen LogP) is 8.07. The van der Waals surface area contributed by atoms with Crippen LogP contribution in [0.2, 0.25) is 0 Å². The van der Waals surface area contributed by atoms with Gasteiger partial charge in [-0.3, -0.25) is 4.57 Å². The Hall–Kier alpha value is -4.43. The Kier molecular flexibility index (Phi) is 5.57. The zero-order valence-electron chi connectivity index (χ0n) is 18.4. The number of hydrogen-bond donors (Lipinski definition) is 0. The van der Waals surface area contributed by atoms with Gasteiger partial charge in [0, 0.05) is 29.1 Å². The van der Waals surface area contributed by atoms with E-state index in [-0.39, 0.29) is 0 Å². The molecule has 0 saturated carbocycles. The fourth-order valence-electron chi connectivity index (χ4n) is 4.18. The molecule has 2 heteroatoms. The first-order valence-corrected chi connectivity index (χ1v) is 11.0. The molecule has 5 rings (SSSR count). The van der Waals surface area contributed by atoms with Crippen LogP contribution < -0.4 is 0 Å². The van der Waals surface area contributed by atoms with Gasteiger partial charge in [0.1, 0.15) is 5.82 Å². The molecular formula is C31H24N2. The summed E-state index contributed by atoms with van der Waals surface area (Å²) in [5, 5.41) is 0. The highest BCUT2D eigenvalue weighted by Crippen LogP contribution is 2.40. The van der Waals surface area contributed by atoms with Crippen molar-refractivity contribution >= 4 is 5.57 Å². The van der Waals surface area contributed by atoms with Gasteiger partial charge in [0.15, 0.2) is 0 Å². The normalized spacial score (nSPS) is 10.7. The van der Waals surface area contributed by atoms with Gasteiger partial charge >= 0.3 is 0 Å². The summed E-state index contributed by atoms with van der Waals surface area (Å²) < 4.78 is 2.13. The molecule has 5 aromatic rings. The molecule has 0 spiro atoms. The van der Waals surface area contributed by atoms with Crippen LogP contribution in [0.4, 0.5) is 0 Å². The van der Waals surface area contributed by atoms with Crippen molar-refractivity contribution in [2.45, 2.75) is 0 Å².